The van der Waals surface area contributed by atoms with Crippen molar-refractivity contribution in [3.05, 3.63) is 35.4 Å². The molecule has 1 nitrogen and oxygen atoms in total. The molecule has 1 atom stereocenters. The molecule has 0 radical (unpaired) electrons. The predicted octanol–water partition coefficient (Wildman–Crippen LogP) is 3.44. The Bertz CT molecular complexity index is 368. The lowest BCUT2D eigenvalue weighted by Crippen LogP contribution is -2.28. The predicted molar refractivity (Wildman–Crippen MR) is 51.9 cm³/mol. The lowest BCUT2D eigenvalue weighted by Gasteiger charge is -2.22. The summed E-state index contributed by atoms with van der Waals surface area (Å²) in [6.07, 6.45) is -4.48. The van der Waals surface area contributed by atoms with Crippen LogP contribution in [-0.2, 0) is 6.18 Å². The quantitative estimate of drug-likeness (QED) is 0.819. The van der Waals surface area contributed by atoms with E-state index in [-0.39, 0.29) is 5.56 Å². The standard InChI is InChI=1S/C11H11F5O/c1-7(10(12,13)6-17)8-2-4-9(5-3-8)11(14,15)16/h2-5,7,17H,6H2,1H3. The summed E-state index contributed by atoms with van der Waals surface area (Å²) >= 11 is 0. The molecule has 17 heavy (non-hydrogen) atoms. The van der Waals surface area contributed by atoms with Gasteiger partial charge in [-0.2, -0.15) is 13.2 Å². The van der Waals surface area contributed by atoms with Crippen molar-refractivity contribution in [2.24, 2.45) is 0 Å². The molecule has 0 saturated heterocycles. The van der Waals surface area contributed by atoms with Gasteiger partial charge in [0.05, 0.1) is 5.56 Å². The zero-order chi connectivity index (χ0) is 13.3. The molecule has 0 aliphatic rings. The minimum absolute atomic E-state index is 0.0528. The minimum atomic E-state index is -4.48. The number of hydrogen-bond acceptors (Lipinski definition) is 1. The Kier molecular flexibility index (Phi) is 3.76. The Morgan fingerprint density at radius 1 is 1.06 bits per heavy atom. The molecular formula is C11H11F5O. The molecule has 96 valence electrons. The van der Waals surface area contributed by atoms with Crippen molar-refractivity contribution in [1.82, 2.24) is 0 Å². The fourth-order valence-electron chi connectivity index (χ4n) is 1.34. The van der Waals surface area contributed by atoms with Gasteiger partial charge >= 0.3 is 6.18 Å². The summed E-state index contributed by atoms with van der Waals surface area (Å²) in [5.41, 5.74) is -0.835. The van der Waals surface area contributed by atoms with Gasteiger partial charge in [-0.25, -0.2) is 8.78 Å². The van der Waals surface area contributed by atoms with E-state index in [2.05, 4.69) is 0 Å². The first kappa shape index (κ1) is 13.9. The van der Waals surface area contributed by atoms with E-state index in [4.69, 9.17) is 5.11 Å². The summed E-state index contributed by atoms with van der Waals surface area (Å²) in [6, 6.07) is 3.49. The molecule has 1 N–H and O–H groups in total. The number of alkyl halides is 5. The normalized spacial score (nSPS) is 14.8. The molecule has 0 bridgehead atoms. The first-order valence-electron chi connectivity index (χ1n) is 4.84. The molecule has 0 aromatic heterocycles. The van der Waals surface area contributed by atoms with Gasteiger partial charge in [0.2, 0.25) is 0 Å². The van der Waals surface area contributed by atoms with Crippen LogP contribution in [0.1, 0.15) is 24.0 Å². The van der Waals surface area contributed by atoms with Gasteiger partial charge < -0.3 is 5.11 Å². The first-order chi connectivity index (χ1) is 7.68. The van der Waals surface area contributed by atoms with Crippen LogP contribution in [0.15, 0.2) is 24.3 Å². The third kappa shape index (κ3) is 3.15. The average molecular weight is 254 g/mol. The van der Waals surface area contributed by atoms with Crippen LogP contribution < -0.4 is 0 Å². The van der Waals surface area contributed by atoms with E-state index < -0.39 is 30.2 Å². The summed E-state index contributed by atoms with van der Waals surface area (Å²) in [5, 5.41) is 8.48. The second kappa shape index (κ2) is 4.60. The number of rotatable bonds is 3. The van der Waals surface area contributed by atoms with E-state index in [0.29, 0.717) is 0 Å². The smallest absolute Gasteiger partial charge is 0.390 e. The van der Waals surface area contributed by atoms with Gasteiger partial charge in [-0.3, -0.25) is 0 Å². The second-order valence-corrected chi connectivity index (χ2v) is 3.76. The first-order valence-corrected chi connectivity index (χ1v) is 4.84. The lowest BCUT2D eigenvalue weighted by atomic mass is 9.94. The van der Waals surface area contributed by atoms with Gasteiger partial charge in [0.25, 0.3) is 5.92 Å². The maximum atomic E-state index is 13.1. The van der Waals surface area contributed by atoms with E-state index in [1.54, 1.807) is 0 Å². The largest absolute Gasteiger partial charge is 0.416 e. The number of benzene rings is 1. The van der Waals surface area contributed by atoms with Crippen molar-refractivity contribution in [1.29, 1.82) is 0 Å². The minimum Gasteiger partial charge on any atom is -0.390 e. The van der Waals surface area contributed by atoms with E-state index in [1.165, 1.54) is 0 Å². The summed E-state index contributed by atoms with van der Waals surface area (Å²) < 4.78 is 62.9. The fourth-order valence-corrected chi connectivity index (χ4v) is 1.34. The molecule has 1 rings (SSSR count). The van der Waals surface area contributed by atoms with Crippen LogP contribution in [0.3, 0.4) is 0 Å². The van der Waals surface area contributed by atoms with Crippen molar-refractivity contribution < 1.29 is 27.1 Å². The zero-order valence-electron chi connectivity index (χ0n) is 8.93. The van der Waals surface area contributed by atoms with E-state index in [1.807, 2.05) is 0 Å². The van der Waals surface area contributed by atoms with E-state index in [0.717, 1.165) is 31.2 Å². The molecule has 0 fully saturated rings. The zero-order valence-corrected chi connectivity index (χ0v) is 8.93. The van der Waals surface area contributed by atoms with Gasteiger partial charge in [0.15, 0.2) is 0 Å². The van der Waals surface area contributed by atoms with Crippen molar-refractivity contribution in [2.75, 3.05) is 6.61 Å². The number of hydrogen-bond donors (Lipinski definition) is 1. The monoisotopic (exact) mass is 254 g/mol. The Hall–Kier alpha value is -1.17. The Morgan fingerprint density at radius 3 is 1.88 bits per heavy atom. The molecule has 0 aliphatic carbocycles. The molecule has 6 heteroatoms. The molecule has 0 heterocycles. The highest BCUT2D eigenvalue weighted by Gasteiger charge is 2.37. The topological polar surface area (TPSA) is 20.2 Å². The summed E-state index contributed by atoms with van der Waals surface area (Å²) in [5.74, 6) is -4.69. The highest BCUT2D eigenvalue weighted by molar-refractivity contribution is 5.28. The Labute approximate surface area is 94.9 Å². The van der Waals surface area contributed by atoms with Crippen molar-refractivity contribution in [3.8, 4) is 0 Å². The maximum absolute atomic E-state index is 13.1. The van der Waals surface area contributed by atoms with E-state index in [9.17, 15) is 22.0 Å². The van der Waals surface area contributed by atoms with E-state index >= 15 is 0 Å². The highest BCUT2D eigenvalue weighted by atomic mass is 19.4. The molecule has 0 aliphatic heterocycles. The average Bonchev–Trinajstić information content (AvgIpc) is 2.27. The SMILES string of the molecule is CC(c1ccc(C(F)(F)F)cc1)C(F)(F)CO. The van der Waals surface area contributed by atoms with Crippen LogP contribution in [0.25, 0.3) is 0 Å². The summed E-state index contributed by atoms with van der Waals surface area (Å²) in [6.45, 7) is -0.187. The lowest BCUT2D eigenvalue weighted by molar-refractivity contribution is -0.137. The molecular weight excluding hydrogens is 243 g/mol. The van der Waals surface area contributed by atoms with Gasteiger partial charge in [-0.1, -0.05) is 19.1 Å². The van der Waals surface area contributed by atoms with Crippen LogP contribution in [0.4, 0.5) is 22.0 Å². The van der Waals surface area contributed by atoms with Crippen molar-refractivity contribution in [3.63, 3.8) is 0 Å². The Balaban J connectivity index is 2.96. The van der Waals surface area contributed by atoms with Crippen molar-refractivity contribution in [2.45, 2.75) is 24.9 Å². The van der Waals surface area contributed by atoms with Crippen LogP contribution in [0.2, 0.25) is 0 Å². The van der Waals surface area contributed by atoms with Crippen LogP contribution >= 0.6 is 0 Å². The number of halogens is 5. The molecule has 1 unspecified atom stereocenters. The fraction of sp³-hybridized carbons (Fsp3) is 0.455. The van der Waals surface area contributed by atoms with Crippen LogP contribution in [-0.4, -0.2) is 17.6 Å². The maximum Gasteiger partial charge on any atom is 0.416 e. The van der Waals surface area contributed by atoms with Crippen molar-refractivity contribution >= 4 is 0 Å². The van der Waals surface area contributed by atoms with Gasteiger partial charge in [0, 0.05) is 5.92 Å². The second-order valence-electron chi connectivity index (χ2n) is 3.76. The molecule has 0 spiro atoms. The number of aliphatic hydroxyl groups is 1. The van der Waals surface area contributed by atoms with Crippen LogP contribution in [0, 0.1) is 0 Å². The summed E-state index contributed by atoms with van der Waals surface area (Å²) in [7, 11) is 0. The Morgan fingerprint density at radius 2 is 1.53 bits per heavy atom. The molecule has 0 amide bonds. The third-order valence-corrected chi connectivity index (χ3v) is 2.58. The molecule has 1 aromatic carbocycles. The highest BCUT2D eigenvalue weighted by Crippen LogP contribution is 2.35. The third-order valence-electron chi connectivity index (χ3n) is 2.58. The molecule has 1 aromatic rings. The molecule has 0 saturated carbocycles. The van der Waals surface area contributed by atoms with Gasteiger partial charge in [-0.05, 0) is 17.7 Å². The number of aliphatic hydroxyl groups excluding tert-OH is 1. The van der Waals surface area contributed by atoms with Crippen LogP contribution in [0.5, 0.6) is 0 Å². The summed E-state index contributed by atoms with van der Waals surface area (Å²) in [4.78, 5) is 0. The van der Waals surface area contributed by atoms with Gasteiger partial charge in [-0.15, -0.1) is 0 Å². The van der Waals surface area contributed by atoms with Gasteiger partial charge in [0.1, 0.15) is 6.61 Å².